The van der Waals surface area contributed by atoms with Gasteiger partial charge < -0.3 is 15.1 Å². The van der Waals surface area contributed by atoms with Crippen molar-refractivity contribution in [2.45, 2.75) is 6.42 Å². The molecule has 0 unspecified atom stereocenters. The average molecular weight is 362 g/mol. The van der Waals surface area contributed by atoms with E-state index in [1.165, 1.54) is 0 Å². The zero-order valence-corrected chi connectivity index (χ0v) is 15.1. The van der Waals surface area contributed by atoms with Gasteiger partial charge in [-0.15, -0.1) is 0 Å². The molecule has 27 heavy (non-hydrogen) atoms. The average Bonchev–Trinajstić information content (AvgIpc) is 2.74. The van der Waals surface area contributed by atoms with Gasteiger partial charge in [-0.05, 0) is 18.1 Å². The summed E-state index contributed by atoms with van der Waals surface area (Å²) in [6.07, 6.45) is 5.84. The number of nitriles is 1. The zero-order chi connectivity index (χ0) is 18.9. The Bertz CT molecular complexity index is 807. The van der Waals surface area contributed by atoms with Gasteiger partial charge in [-0.1, -0.05) is 30.3 Å². The molecular weight excluding hydrogens is 340 g/mol. The van der Waals surface area contributed by atoms with Gasteiger partial charge in [0.05, 0.1) is 0 Å². The van der Waals surface area contributed by atoms with Gasteiger partial charge in [-0.2, -0.15) is 5.26 Å². The van der Waals surface area contributed by atoms with Crippen molar-refractivity contribution < 1.29 is 4.79 Å². The third-order valence-corrected chi connectivity index (χ3v) is 4.37. The van der Waals surface area contributed by atoms with E-state index in [0.29, 0.717) is 25.6 Å². The number of hydrogen-bond donors (Lipinski definition) is 1. The molecule has 1 aliphatic heterocycles. The lowest BCUT2D eigenvalue weighted by atomic mass is 10.1. The number of nitrogens with one attached hydrogen (secondary N) is 1. The molecule has 3 rings (SSSR count). The first-order valence-electron chi connectivity index (χ1n) is 8.96. The van der Waals surface area contributed by atoms with Crippen LogP contribution in [0, 0.1) is 11.3 Å². The third-order valence-electron chi connectivity index (χ3n) is 4.37. The molecule has 2 aromatic rings. The Morgan fingerprint density at radius 2 is 1.81 bits per heavy atom. The predicted octanol–water partition coefficient (Wildman–Crippen LogP) is 1.36. The fourth-order valence-corrected chi connectivity index (χ4v) is 2.89. The van der Waals surface area contributed by atoms with Crippen LogP contribution in [0.1, 0.15) is 5.56 Å². The van der Waals surface area contributed by atoms with Crippen LogP contribution < -0.4 is 10.2 Å². The maximum atomic E-state index is 12.3. The summed E-state index contributed by atoms with van der Waals surface area (Å²) in [5.74, 6) is 0.377. The summed E-state index contributed by atoms with van der Waals surface area (Å²) in [6, 6.07) is 13.7. The van der Waals surface area contributed by atoms with Crippen LogP contribution in [0.4, 0.5) is 5.95 Å². The fraction of sp³-hybridized carbons (Fsp3) is 0.300. The summed E-state index contributed by atoms with van der Waals surface area (Å²) in [5.41, 5.74) is 1.28. The second kappa shape index (κ2) is 9.34. The maximum Gasteiger partial charge on any atom is 0.263 e. The number of nitrogens with zero attached hydrogens (tertiary/aromatic N) is 5. The molecule has 0 atom stereocenters. The Balaban J connectivity index is 1.49. The van der Waals surface area contributed by atoms with E-state index in [4.69, 9.17) is 0 Å². The van der Waals surface area contributed by atoms with Gasteiger partial charge in [0.1, 0.15) is 11.6 Å². The summed E-state index contributed by atoms with van der Waals surface area (Å²) in [5, 5.41) is 12.2. The van der Waals surface area contributed by atoms with Crippen molar-refractivity contribution in [3.05, 3.63) is 66.1 Å². The van der Waals surface area contributed by atoms with E-state index in [2.05, 4.69) is 20.2 Å². The van der Waals surface area contributed by atoms with E-state index in [1.807, 2.05) is 41.3 Å². The van der Waals surface area contributed by atoms with Crippen molar-refractivity contribution in [2.75, 3.05) is 37.6 Å². The molecule has 0 aliphatic carbocycles. The molecule has 1 amide bonds. The first-order valence-corrected chi connectivity index (χ1v) is 8.96. The van der Waals surface area contributed by atoms with Crippen LogP contribution in [0.2, 0.25) is 0 Å². The highest BCUT2D eigenvalue weighted by atomic mass is 16.1. The predicted molar refractivity (Wildman–Crippen MR) is 103 cm³/mol. The lowest BCUT2D eigenvalue weighted by Gasteiger charge is -2.34. The van der Waals surface area contributed by atoms with Gasteiger partial charge >= 0.3 is 0 Å². The molecule has 1 N–H and O–H groups in total. The quantitative estimate of drug-likeness (QED) is 0.617. The molecule has 7 heteroatoms. The topological polar surface area (TPSA) is 85.2 Å². The normalized spacial score (nSPS) is 14.6. The molecule has 0 saturated carbocycles. The fourth-order valence-electron chi connectivity index (χ4n) is 2.89. The molecule has 1 aromatic carbocycles. The standard InChI is InChI=1S/C20H22N6O/c21-15-18(19(27)22-10-7-17-5-2-1-3-6-17)16-25-11-13-26(14-12-25)20-23-8-4-9-24-20/h1-6,8-9,16H,7,10-14H2,(H,22,27)/b18-16-. The summed E-state index contributed by atoms with van der Waals surface area (Å²) < 4.78 is 0. The van der Waals surface area contributed by atoms with E-state index in [-0.39, 0.29) is 11.5 Å². The van der Waals surface area contributed by atoms with Crippen LogP contribution in [0.5, 0.6) is 0 Å². The minimum Gasteiger partial charge on any atom is -0.373 e. The Morgan fingerprint density at radius 3 is 2.48 bits per heavy atom. The van der Waals surface area contributed by atoms with E-state index in [9.17, 15) is 10.1 Å². The van der Waals surface area contributed by atoms with Gasteiger partial charge in [0.15, 0.2) is 0 Å². The van der Waals surface area contributed by atoms with Crippen molar-refractivity contribution in [3.8, 4) is 6.07 Å². The number of carbonyl (C=O) groups excluding carboxylic acids is 1. The summed E-state index contributed by atoms with van der Waals surface area (Å²) in [6.45, 7) is 3.41. The number of anilines is 1. The SMILES string of the molecule is N#C/C(=C/N1CCN(c2ncccn2)CC1)C(=O)NCCc1ccccc1. The van der Waals surface area contributed by atoms with Crippen molar-refractivity contribution in [2.24, 2.45) is 0 Å². The lowest BCUT2D eigenvalue weighted by Crippen LogP contribution is -2.45. The molecule has 7 nitrogen and oxygen atoms in total. The number of piperazine rings is 1. The molecule has 0 spiro atoms. The molecule has 0 radical (unpaired) electrons. The number of rotatable bonds is 6. The van der Waals surface area contributed by atoms with E-state index in [0.717, 1.165) is 25.1 Å². The number of benzene rings is 1. The van der Waals surface area contributed by atoms with Crippen molar-refractivity contribution >= 4 is 11.9 Å². The zero-order valence-electron chi connectivity index (χ0n) is 15.1. The van der Waals surface area contributed by atoms with Crippen molar-refractivity contribution in [1.29, 1.82) is 5.26 Å². The Labute approximate surface area is 159 Å². The molecule has 0 bridgehead atoms. The minimum absolute atomic E-state index is 0.132. The number of carbonyl (C=O) groups is 1. The van der Waals surface area contributed by atoms with Crippen LogP contribution in [0.25, 0.3) is 0 Å². The number of aromatic nitrogens is 2. The van der Waals surface area contributed by atoms with Crippen molar-refractivity contribution in [3.63, 3.8) is 0 Å². The van der Waals surface area contributed by atoms with Crippen LogP contribution in [0.15, 0.2) is 60.6 Å². The van der Waals surface area contributed by atoms with Crippen LogP contribution in [0.3, 0.4) is 0 Å². The lowest BCUT2D eigenvalue weighted by molar-refractivity contribution is -0.117. The van der Waals surface area contributed by atoms with Crippen LogP contribution >= 0.6 is 0 Å². The highest BCUT2D eigenvalue weighted by molar-refractivity contribution is 5.97. The highest BCUT2D eigenvalue weighted by Crippen LogP contribution is 2.11. The summed E-state index contributed by atoms with van der Waals surface area (Å²) in [4.78, 5) is 24.9. The largest absolute Gasteiger partial charge is 0.373 e. The van der Waals surface area contributed by atoms with Crippen LogP contribution in [-0.2, 0) is 11.2 Å². The van der Waals surface area contributed by atoms with Gasteiger partial charge in [-0.25, -0.2) is 9.97 Å². The molecule has 1 saturated heterocycles. The molecular formula is C20H22N6O. The van der Waals surface area contributed by atoms with E-state index < -0.39 is 0 Å². The van der Waals surface area contributed by atoms with Gasteiger partial charge in [-0.3, -0.25) is 4.79 Å². The van der Waals surface area contributed by atoms with Gasteiger partial charge in [0.25, 0.3) is 5.91 Å². The number of hydrogen-bond acceptors (Lipinski definition) is 6. The monoisotopic (exact) mass is 362 g/mol. The smallest absolute Gasteiger partial charge is 0.263 e. The van der Waals surface area contributed by atoms with Crippen molar-refractivity contribution in [1.82, 2.24) is 20.2 Å². The molecule has 1 aliphatic rings. The second-order valence-electron chi connectivity index (χ2n) is 6.22. The maximum absolute atomic E-state index is 12.3. The first-order chi connectivity index (χ1) is 13.3. The highest BCUT2D eigenvalue weighted by Gasteiger charge is 2.18. The van der Waals surface area contributed by atoms with Gasteiger partial charge in [0.2, 0.25) is 5.95 Å². The Morgan fingerprint density at radius 1 is 1.11 bits per heavy atom. The molecule has 138 valence electrons. The van der Waals surface area contributed by atoms with Crippen LogP contribution in [-0.4, -0.2) is 53.5 Å². The first kappa shape index (κ1) is 18.4. The third kappa shape index (κ3) is 5.28. The second-order valence-corrected chi connectivity index (χ2v) is 6.22. The van der Waals surface area contributed by atoms with E-state index >= 15 is 0 Å². The number of amides is 1. The molecule has 1 fully saturated rings. The Kier molecular flexibility index (Phi) is 6.36. The molecule has 2 heterocycles. The molecule has 1 aromatic heterocycles. The summed E-state index contributed by atoms with van der Waals surface area (Å²) >= 11 is 0. The minimum atomic E-state index is -0.331. The van der Waals surface area contributed by atoms with Gasteiger partial charge in [0, 0.05) is 51.3 Å². The Hall–Kier alpha value is -3.40. The summed E-state index contributed by atoms with van der Waals surface area (Å²) in [7, 11) is 0. The van der Waals surface area contributed by atoms with E-state index in [1.54, 1.807) is 24.7 Å².